The van der Waals surface area contributed by atoms with Crippen molar-refractivity contribution in [3.05, 3.63) is 64.9 Å². The highest BCUT2D eigenvalue weighted by molar-refractivity contribution is 6.30. The van der Waals surface area contributed by atoms with Crippen LogP contribution in [0.2, 0.25) is 5.02 Å². The van der Waals surface area contributed by atoms with Gasteiger partial charge in [0.1, 0.15) is 6.04 Å². The Morgan fingerprint density at radius 2 is 1.75 bits per heavy atom. The molecule has 2 rings (SSSR count). The quantitative estimate of drug-likeness (QED) is 0.875. The number of benzene rings is 1. The van der Waals surface area contributed by atoms with E-state index >= 15 is 0 Å². The number of pyridine rings is 1. The number of carbonyl (C=O) groups is 2. The maximum atomic E-state index is 12.4. The van der Waals surface area contributed by atoms with Crippen LogP contribution in [0.3, 0.4) is 0 Å². The Kier molecular flexibility index (Phi) is 6.32. The van der Waals surface area contributed by atoms with Crippen molar-refractivity contribution in [3.8, 4) is 0 Å². The lowest BCUT2D eigenvalue weighted by Gasteiger charge is -2.27. The van der Waals surface area contributed by atoms with Gasteiger partial charge >= 0.3 is 0 Å². The van der Waals surface area contributed by atoms with Crippen molar-refractivity contribution in [2.45, 2.75) is 33.0 Å². The van der Waals surface area contributed by atoms with Crippen LogP contribution in [-0.2, 0) is 22.7 Å². The van der Waals surface area contributed by atoms with Gasteiger partial charge in [-0.05, 0) is 42.3 Å². The van der Waals surface area contributed by atoms with Crippen molar-refractivity contribution in [1.29, 1.82) is 0 Å². The number of hydrogen-bond donors (Lipinski definition) is 1. The number of rotatable bonds is 6. The number of halogens is 1. The SMILES string of the molecule is CC(=O)N(Cc1ccc(Cl)cc1)C(C)C(=O)NCc1ccncc1. The van der Waals surface area contributed by atoms with E-state index < -0.39 is 6.04 Å². The Hall–Kier alpha value is -2.40. The molecule has 5 nitrogen and oxygen atoms in total. The monoisotopic (exact) mass is 345 g/mol. The Balaban J connectivity index is 1.99. The molecule has 0 fully saturated rings. The summed E-state index contributed by atoms with van der Waals surface area (Å²) in [5, 5.41) is 3.48. The van der Waals surface area contributed by atoms with Gasteiger partial charge in [-0.15, -0.1) is 0 Å². The second kappa shape index (κ2) is 8.45. The number of aromatic nitrogens is 1. The first-order chi connectivity index (χ1) is 11.5. The number of carbonyl (C=O) groups excluding carboxylic acids is 2. The van der Waals surface area contributed by atoms with Crippen molar-refractivity contribution >= 4 is 23.4 Å². The normalized spacial score (nSPS) is 11.6. The second-order valence-corrected chi connectivity index (χ2v) is 5.96. The molecule has 1 aromatic heterocycles. The molecule has 126 valence electrons. The molecule has 0 spiro atoms. The fourth-order valence-electron chi connectivity index (χ4n) is 2.29. The largest absolute Gasteiger partial charge is 0.350 e. The summed E-state index contributed by atoms with van der Waals surface area (Å²) >= 11 is 5.87. The van der Waals surface area contributed by atoms with Gasteiger partial charge in [0.25, 0.3) is 0 Å². The molecule has 6 heteroatoms. The van der Waals surface area contributed by atoms with Gasteiger partial charge in [0.05, 0.1) is 0 Å². The van der Waals surface area contributed by atoms with E-state index in [1.54, 1.807) is 31.5 Å². The average molecular weight is 346 g/mol. The number of nitrogens with one attached hydrogen (secondary N) is 1. The van der Waals surface area contributed by atoms with Crippen LogP contribution in [-0.4, -0.2) is 27.7 Å². The lowest BCUT2D eigenvalue weighted by molar-refractivity contribution is -0.139. The van der Waals surface area contributed by atoms with Gasteiger partial charge in [0.2, 0.25) is 11.8 Å². The molecular formula is C18H20ClN3O2. The molecule has 24 heavy (non-hydrogen) atoms. The summed E-state index contributed by atoms with van der Waals surface area (Å²) in [6.07, 6.45) is 3.35. The fraction of sp³-hybridized carbons (Fsp3) is 0.278. The summed E-state index contributed by atoms with van der Waals surface area (Å²) in [7, 11) is 0. The summed E-state index contributed by atoms with van der Waals surface area (Å²) in [5.41, 5.74) is 1.88. The summed E-state index contributed by atoms with van der Waals surface area (Å²) in [4.78, 5) is 29.8. The topological polar surface area (TPSA) is 62.3 Å². The maximum absolute atomic E-state index is 12.4. The molecule has 0 radical (unpaired) electrons. The first-order valence-corrected chi connectivity index (χ1v) is 8.03. The maximum Gasteiger partial charge on any atom is 0.242 e. The van der Waals surface area contributed by atoms with Crippen LogP contribution in [0.1, 0.15) is 25.0 Å². The van der Waals surface area contributed by atoms with Gasteiger partial charge in [-0.1, -0.05) is 23.7 Å². The molecule has 1 aromatic carbocycles. The predicted octanol–water partition coefficient (Wildman–Crippen LogP) is 2.79. The zero-order valence-corrected chi connectivity index (χ0v) is 14.5. The Bertz CT molecular complexity index is 689. The van der Waals surface area contributed by atoms with Gasteiger partial charge in [-0.2, -0.15) is 0 Å². The zero-order chi connectivity index (χ0) is 17.5. The number of nitrogens with zero attached hydrogens (tertiary/aromatic N) is 2. The van der Waals surface area contributed by atoms with Crippen LogP contribution in [0.4, 0.5) is 0 Å². The summed E-state index contributed by atoms with van der Waals surface area (Å²) < 4.78 is 0. The van der Waals surface area contributed by atoms with E-state index in [-0.39, 0.29) is 11.8 Å². The van der Waals surface area contributed by atoms with Gasteiger partial charge in [0.15, 0.2) is 0 Å². The van der Waals surface area contributed by atoms with E-state index in [0.717, 1.165) is 11.1 Å². The van der Waals surface area contributed by atoms with Crippen LogP contribution < -0.4 is 5.32 Å². The number of hydrogen-bond acceptors (Lipinski definition) is 3. The molecule has 1 unspecified atom stereocenters. The average Bonchev–Trinajstić information content (AvgIpc) is 2.59. The minimum absolute atomic E-state index is 0.156. The Labute approximate surface area is 146 Å². The van der Waals surface area contributed by atoms with E-state index in [1.807, 2.05) is 24.3 Å². The third kappa shape index (κ3) is 5.06. The lowest BCUT2D eigenvalue weighted by Crippen LogP contribution is -2.46. The Morgan fingerprint density at radius 3 is 2.33 bits per heavy atom. The number of amides is 2. The molecular weight excluding hydrogens is 326 g/mol. The summed E-state index contributed by atoms with van der Waals surface area (Å²) in [5.74, 6) is -0.354. The van der Waals surface area contributed by atoms with Gasteiger partial charge < -0.3 is 10.2 Å². The molecule has 0 saturated heterocycles. The minimum Gasteiger partial charge on any atom is -0.350 e. The highest BCUT2D eigenvalue weighted by Gasteiger charge is 2.23. The van der Waals surface area contributed by atoms with Gasteiger partial charge in [0, 0.05) is 37.4 Å². The minimum atomic E-state index is -0.569. The first-order valence-electron chi connectivity index (χ1n) is 7.65. The molecule has 0 aliphatic rings. The highest BCUT2D eigenvalue weighted by atomic mass is 35.5. The van der Waals surface area contributed by atoms with Crippen LogP contribution >= 0.6 is 11.6 Å². The first kappa shape index (κ1) is 17.9. The molecule has 2 amide bonds. The van der Waals surface area contributed by atoms with E-state index in [0.29, 0.717) is 18.1 Å². The van der Waals surface area contributed by atoms with Crippen molar-refractivity contribution in [3.63, 3.8) is 0 Å². The van der Waals surface area contributed by atoms with Crippen molar-refractivity contribution in [1.82, 2.24) is 15.2 Å². The zero-order valence-electron chi connectivity index (χ0n) is 13.7. The molecule has 0 saturated carbocycles. The second-order valence-electron chi connectivity index (χ2n) is 5.52. The van der Waals surface area contributed by atoms with Crippen molar-refractivity contribution in [2.24, 2.45) is 0 Å². The van der Waals surface area contributed by atoms with Crippen LogP contribution in [0, 0.1) is 0 Å². The van der Waals surface area contributed by atoms with E-state index in [1.165, 1.54) is 11.8 Å². The van der Waals surface area contributed by atoms with E-state index in [4.69, 9.17) is 11.6 Å². The third-order valence-corrected chi connectivity index (χ3v) is 3.99. The molecule has 0 aliphatic carbocycles. The molecule has 2 aromatic rings. The molecule has 0 aliphatic heterocycles. The highest BCUT2D eigenvalue weighted by Crippen LogP contribution is 2.13. The molecule has 1 atom stereocenters. The summed E-state index contributed by atoms with van der Waals surface area (Å²) in [6.45, 7) is 3.94. The fourth-order valence-corrected chi connectivity index (χ4v) is 2.41. The van der Waals surface area contributed by atoms with Crippen LogP contribution in [0.25, 0.3) is 0 Å². The van der Waals surface area contributed by atoms with Gasteiger partial charge in [-0.3, -0.25) is 14.6 Å². The standard InChI is InChI=1S/C18H20ClN3O2/c1-13(18(24)21-11-15-7-9-20-10-8-15)22(14(2)23)12-16-3-5-17(19)6-4-16/h3-10,13H,11-12H2,1-2H3,(H,21,24). The molecule has 1 heterocycles. The Morgan fingerprint density at radius 1 is 1.12 bits per heavy atom. The van der Waals surface area contributed by atoms with E-state index in [9.17, 15) is 9.59 Å². The molecule has 1 N–H and O–H groups in total. The smallest absolute Gasteiger partial charge is 0.242 e. The van der Waals surface area contributed by atoms with Crippen LogP contribution in [0.5, 0.6) is 0 Å². The third-order valence-electron chi connectivity index (χ3n) is 3.73. The van der Waals surface area contributed by atoms with E-state index in [2.05, 4.69) is 10.3 Å². The molecule has 0 bridgehead atoms. The summed E-state index contributed by atoms with van der Waals surface area (Å²) in [6, 6.07) is 10.3. The lowest BCUT2D eigenvalue weighted by atomic mass is 10.1. The predicted molar refractivity (Wildman–Crippen MR) is 93.2 cm³/mol. The van der Waals surface area contributed by atoms with Gasteiger partial charge in [-0.25, -0.2) is 0 Å². The van der Waals surface area contributed by atoms with Crippen molar-refractivity contribution in [2.75, 3.05) is 0 Å². The van der Waals surface area contributed by atoms with Crippen LogP contribution in [0.15, 0.2) is 48.8 Å². The van der Waals surface area contributed by atoms with Crippen molar-refractivity contribution < 1.29 is 9.59 Å².